The van der Waals surface area contributed by atoms with Crippen molar-refractivity contribution in [2.45, 2.75) is 33.4 Å². The Morgan fingerprint density at radius 3 is 2.83 bits per heavy atom. The third-order valence-electron chi connectivity index (χ3n) is 3.96. The third kappa shape index (κ3) is 3.85. The SMILES string of the molecule is C=CCN(Cc1ccccc1OC)C(=O)c1cnn(CCC)c1C. The van der Waals surface area contributed by atoms with Crippen LogP contribution in [0.5, 0.6) is 5.75 Å². The van der Waals surface area contributed by atoms with Crippen LogP contribution in [0.3, 0.4) is 0 Å². The number of amides is 1. The van der Waals surface area contributed by atoms with Gasteiger partial charge in [0.1, 0.15) is 5.75 Å². The average molecular weight is 327 g/mol. The van der Waals surface area contributed by atoms with Crippen molar-refractivity contribution < 1.29 is 9.53 Å². The molecular formula is C19H25N3O2. The molecule has 128 valence electrons. The van der Waals surface area contributed by atoms with E-state index >= 15 is 0 Å². The zero-order chi connectivity index (χ0) is 17.5. The molecule has 1 aromatic carbocycles. The van der Waals surface area contributed by atoms with E-state index in [4.69, 9.17) is 4.74 Å². The van der Waals surface area contributed by atoms with Gasteiger partial charge in [0.25, 0.3) is 5.91 Å². The van der Waals surface area contributed by atoms with Crippen molar-refractivity contribution in [1.29, 1.82) is 0 Å². The molecule has 0 saturated carbocycles. The van der Waals surface area contributed by atoms with Gasteiger partial charge in [-0.15, -0.1) is 6.58 Å². The Morgan fingerprint density at radius 2 is 2.17 bits per heavy atom. The molecule has 0 atom stereocenters. The number of nitrogens with zero attached hydrogens (tertiary/aromatic N) is 3. The second-order valence-corrected chi connectivity index (χ2v) is 5.65. The molecule has 0 radical (unpaired) electrons. The smallest absolute Gasteiger partial charge is 0.257 e. The predicted octanol–water partition coefficient (Wildman–Crippen LogP) is 3.44. The van der Waals surface area contributed by atoms with Crippen molar-refractivity contribution in [3.8, 4) is 5.75 Å². The first-order valence-corrected chi connectivity index (χ1v) is 8.16. The fraction of sp³-hybridized carbons (Fsp3) is 0.368. The number of para-hydroxylation sites is 1. The Balaban J connectivity index is 2.26. The standard InChI is InChI=1S/C19H25N3O2/c1-5-11-21(14-16-9-7-8-10-18(16)24-4)19(23)17-13-20-22(12-6-2)15(17)3/h5,7-10,13H,1,6,11-12,14H2,2-4H3. The molecular weight excluding hydrogens is 302 g/mol. The van der Waals surface area contributed by atoms with Crippen LogP contribution in [0.1, 0.15) is 35.0 Å². The largest absolute Gasteiger partial charge is 0.496 e. The quantitative estimate of drug-likeness (QED) is 0.698. The maximum absolute atomic E-state index is 13.0. The first-order chi connectivity index (χ1) is 11.6. The molecule has 1 aromatic heterocycles. The van der Waals surface area contributed by atoms with Gasteiger partial charge in [0.15, 0.2) is 0 Å². The number of aryl methyl sites for hydroxylation is 1. The molecule has 0 aliphatic heterocycles. The van der Waals surface area contributed by atoms with Crippen LogP contribution in [-0.2, 0) is 13.1 Å². The fourth-order valence-corrected chi connectivity index (χ4v) is 2.68. The number of methoxy groups -OCH3 is 1. The van der Waals surface area contributed by atoms with Gasteiger partial charge in [-0.05, 0) is 19.4 Å². The maximum atomic E-state index is 13.0. The summed E-state index contributed by atoms with van der Waals surface area (Å²) in [6.07, 6.45) is 4.37. The summed E-state index contributed by atoms with van der Waals surface area (Å²) in [5.74, 6) is 0.735. The first kappa shape index (κ1) is 17.8. The van der Waals surface area contributed by atoms with Crippen LogP contribution in [0.25, 0.3) is 0 Å². The molecule has 1 amide bonds. The van der Waals surface area contributed by atoms with Crippen LogP contribution in [0, 0.1) is 6.92 Å². The van der Waals surface area contributed by atoms with Crippen molar-refractivity contribution in [2.75, 3.05) is 13.7 Å². The van der Waals surface area contributed by atoms with E-state index in [0.29, 0.717) is 18.7 Å². The zero-order valence-corrected chi connectivity index (χ0v) is 14.7. The molecule has 0 saturated heterocycles. The minimum atomic E-state index is -0.0411. The summed E-state index contributed by atoms with van der Waals surface area (Å²) in [4.78, 5) is 14.7. The average Bonchev–Trinajstić information content (AvgIpc) is 2.95. The van der Waals surface area contributed by atoms with Gasteiger partial charge in [-0.25, -0.2) is 0 Å². The van der Waals surface area contributed by atoms with Gasteiger partial charge in [0, 0.05) is 30.9 Å². The second-order valence-electron chi connectivity index (χ2n) is 5.65. The predicted molar refractivity (Wildman–Crippen MR) is 95.2 cm³/mol. The molecule has 0 spiro atoms. The van der Waals surface area contributed by atoms with Gasteiger partial charge >= 0.3 is 0 Å². The lowest BCUT2D eigenvalue weighted by Crippen LogP contribution is -2.31. The van der Waals surface area contributed by atoms with Crippen LogP contribution in [0.2, 0.25) is 0 Å². The number of benzene rings is 1. The number of hydrogen-bond donors (Lipinski definition) is 0. The fourth-order valence-electron chi connectivity index (χ4n) is 2.68. The van der Waals surface area contributed by atoms with E-state index in [1.165, 1.54) is 0 Å². The molecule has 1 heterocycles. The molecule has 0 aliphatic carbocycles. The van der Waals surface area contributed by atoms with Crippen molar-refractivity contribution in [2.24, 2.45) is 0 Å². The topological polar surface area (TPSA) is 47.4 Å². The van der Waals surface area contributed by atoms with E-state index in [1.807, 2.05) is 35.9 Å². The summed E-state index contributed by atoms with van der Waals surface area (Å²) in [6, 6.07) is 7.73. The Hall–Kier alpha value is -2.56. The minimum Gasteiger partial charge on any atom is -0.496 e. The normalized spacial score (nSPS) is 10.5. The van der Waals surface area contributed by atoms with E-state index in [9.17, 15) is 4.79 Å². The van der Waals surface area contributed by atoms with E-state index in [1.54, 1.807) is 24.3 Å². The number of hydrogen-bond acceptors (Lipinski definition) is 3. The van der Waals surface area contributed by atoms with Crippen molar-refractivity contribution in [3.63, 3.8) is 0 Å². The summed E-state index contributed by atoms with van der Waals surface area (Å²) in [7, 11) is 1.64. The van der Waals surface area contributed by atoms with E-state index < -0.39 is 0 Å². The van der Waals surface area contributed by atoms with Crippen molar-refractivity contribution in [3.05, 3.63) is 59.9 Å². The summed E-state index contributed by atoms with van der Waals surface area (Å²) in [5, 5.41) is 4.33. The number of aromatic nitrogens is 2. The molecule has 0 fully saturated rings. The van der Waals surface area contributed by atoms with Crippen LogP contribution < -0.4 is 4.74 Å². The first-order valence-electron chi connectivity index (χ1n) is 8.16. The number of ether oxygens (including phenoxy) is 1. The highest BCUT2D eigenvalue weighted by atomic mass is 16.5. The van der Waals surface area contributed by atoms with Crippen LogP contribution in [0.15, 0.2) is 43.1 Å². The monoisotopic (exact) mass is 327 g/mol. The highest BCUT2D eigenvalue weighted by molar-refractivity contribution is 5.95. The Morgan fingerprint density at radius 1 is 1.42 bits per heavy atom. The lowest BCUT2D eigenvalue weighted by atomic mass is 10.1. The molecule has 5 nitrogen and oxygen atoms in total. The van der Waals surface area contributed by atoms with Gasteiger partial charge < -0.3 is 9.64 Å². The number of rotatable bonds is 8. The molecule has 24 heavy (non-hydrogen) atoms. The third-order valence-corrected chi connectivity index (χ3v) is 3.96. The summed E-state index contributed by atoms with van der Waals surface area (Å²) >= 11 is 0. The maximum Gasteiger partial charge on any atom is 0.257 e. The van der Waals surface area contributed by atoms with Crippen LogP contribution in [-0.4, -0.2) is 34.2 Å². The van der Waals surface area contributed by atoms with Crippen LogP contribution >= 0.6 is 0 Å². The highest BCUT2D eigenvalue weighted by Crippen LogP contribution is 2.21. The Bertz CT molecular complexity index is 706. The Kier molecular flexibility index (Phi) is 6.18. The van der Waals surface area contributed by atoms with Gasteiger partial charge in [0.2, 0.25) is 0 Å². The molecule has 2 aromatic rings. The van der Waals surface area contributed by atoms with Gasteiger partial charge in [0.05, 0.1) is 18.9 Å². The van der Waals surface area contributed by atoms with E-state index in [2.05, 4.69) is 18.6 Å². The van der Waals surface area contributed by atoms with Gasteiger partial charge in [-0.3, -0.25) is 9.48 Å². The van der Waals surface area contributed by atoms with E-state index in [-0.39, 0.29) is 5.91 Å². The minimum absolute atomic E-state index is 0.0411. The van der Waals surface area contributed by atoms with Crippen molar-refractivity contribution in [1.82, 2.24) is 14.7 Å². The van der Waals surface area contributed by atoms with Gasteiger partial charge in [-0.2, -0.15) is 5.10 Å². The summed E-state index contributed by atoms with van der Waals surface area (Å²) in [6.45, 7) is 9.54. The van der Waals surface area contributed by atoms with Crippen molar-refractivity contribution >= 4 is 5.91 Å². The molecule has 0 aliphatic rings. The summed E-state index contributed by atoms with van der Waals surface area (Å²) < 4.78 is 7.27. The molecule has 2 rings (SSSR count). The molecule has 0 bridgehead atoms. The number of carbonyl (C=O) groups excluding carboxylic acids is 1. The van der Waals surface area contributed by atoms with E-state index in [0.717, 1.165) is 30.0 Å². The Labute approximate surface area is 143 Å². The van der Waals surface area contributed by atoms with Gasteiger partial charge in [-0.1, -0.05) is 31.2 Å². The molecule has 0 unspecified atom stereocenters. The highest BCUT2D eigenvalue weighted by Gasteiger charge is 2.21. The molecule has 0 N–H and O–H groups in total. The van der Waals surface area contributed by atoms with Crippen LogP contribution in [0.4, 0.5) is 0 Å². The molecule has 5 heteroatoms. The lowest BCUT2D eigenvalue weighted by molar-refractivity contribution is 0.0761. The summed E-state index contributed by atoms with van der Waals surface area (Å²) in [5.41, 5.74) is 2.50. The second kappa shape index (κ2) is 8.34. The zero-order valence-electron chi connectivity index (χ0n) is 14.7. The lowest BCUT2D eigenvalue weighted by Gasteiger charge is -2.22. The number of carbonyl (C=O) groups is 1.